The zero-order valence-electron chi connectivity index (χ0n) is 12.7. The average Bonchev–Trinajstić information content (AvgIpc) is 3.20. The number of aryl methyl sites for hydroxylation is 2. The number of benzene rings is 1. The summed E-state index contributed by atoms with van der Waals surface area (Å²) in [5, 5.41) is 8.33. The predicted octanol–water partition coefficient (Wildman–Crippen LogP) is 3.51. The smallest absolute Gasteiger partial charge is 0.251 e. The first-order valence-corrected chi connectivity index (χ1v) is 7.43. The maximum atomic E-state index is 5.82. The van der Waals surface area contributed by atoms with Gasteiger partial charge in [-0.3, -0.25) is 0 Å². The van der Waals surface area contributed by atoms with Gasteiger partial charge in [0, 0.05) is 12.2 Å². The molecule has 0 radical (unpaired) electrons. The number of aromatic nitrogens is 2. The standard InChI is InChI=1S/C17H17N3O2/c1-11-9-14(12(2)21-11)17-19-18-16(22-17)10-20-8-7-13-5-3-4-6-15(13)20/h3-6,9H,7-8,10H2,1-2H3. The van der Waals surface area contributed by atoms with E-state index < -0.39 is 0 Å². The number of anilines is 1. The number of fused-ring (bicyclic) bond motifs is 1. The van der Waals surface area contributed by atoms with E-state index in [9.17, 15) is 0 Å². The Morgan fingerprint density at radius 3 is 2.82 bits per heavy atom. The van der Waals surface area contributed by atoms with Crippen LogP contribution in [-0.4, -0.2) is 16.7 Å². The second-order valence-electron chi connectivity index (χ2n) is 5.63. The van der Waals surface area contributed by atoms with Crippen molar-refractivity contribution in [2.24, 2.45) is 0 Å². The SMILES string of the molecule is Cc1cc(-c2nnc(CN3CCc4ccccc43)o2)c(C)o1. The third-order valence-corrected chi connectivity index (χ3v) is 4.05. The average molecular weight is 295 g/mol. The van der Waals surface area contributed by atoms with E-state index in [-0.39, 0.29) is 0 Å². The summed E-state index contributed by atoms with van der Waals surface area (Å²) in [6, 6.07) is 10.4. The first-order chi connectivity index (χ1) is 10.7. The molecule has 0 saturated carbocycles. The van der Waals surface area contributed by atoms with E-state index in [2.05, 4.69) is 39.4 Å². The number of nitrogens with zero attached hydrogens (tertiary/aromatic N) is 3. The Kier molecular flexibility index (Phi) is 2.99. The van der Waals surface area contributed by atoms with E-state index in [1.807, 2.05) is 19.9 Å². The van der Waals surface area contributed by atoms with Crippen molar-refractivity contribution in [3.8, 4) is 11.5 Å². The van der Waals surface area contributed by atoms with Gasteiger partial charge >= 0.3 is 0 Å². The van der Waals surface area contributed by atoms with Crippen LogP contribution in [0.25, 0.3) is 11.5 Å². The first-order valence-electron chi connectivity index (χ1n) is 7.43. The maximum Gasteiger partial charge on any atom is 0.251 e. The van der Waals surface area contributed by atoms with E-state index in [4.69, 9.17) is 8.83 Å². The summed E-state index contributed by atoms with van der Waals surface area (Å²) in [4.78, 5) is 2.28. The van der Waals surface area contributed by atoms with Crippen molar-refractivity contribution in [1.82, 2.24) is 10.2 Å². The fourth-order valence-corrected chi connectivity index (χ4v) is 3.00. The van der Waals surface area contributed by atoms with Gasteiger partial charge in [-0.15, -0.1) is 10.2 Å². The Bertz CT molecular complexity index is 819. The third-order valence-electron chi connectivity index (χ3n) is 4.05. The molecular formula is C17H17N3O2. The lowest BCUT2D eigenvalue weighted by molar-refractivity contribution is 0.490. The molecule has 0 spiro atoms. The van der Waals surface area contributed by atoms with Gasteiger partial charge in [0.25, 0.3) is 5.89 Å². The first kappa shape index (κ1) is 13.1. The Hall–Kier alpha value is -2.56. The summed E-state index contributed by atoms with van der Waals surface area (Å²) >= 11 is 0. The summed E-state index contributed by atoms with van der Waals surface area (Å²) < 4.78 is 11.3. The van der Waals surface area contributed by atoms with E-state index >= 15 is 0 Å². The third kappa shape index (κ3) is 2.19. The quantitative estimate of drug-likeness (QED) is 0.740. The molecule has 0 saturated heterocycles. The van der Waals surface area contributed by atoms with Crippen LogP contribution in [0, 0.1) is 13.8 Å². The van der Waals surface area contributed by atoms with Crippen molar-refractivity contribution < 1.29 is 8.83 Å². The van der Waals surface area contributed by atoms with Crippen molar-refractivity contribution in [1.29, 1.82) is 0 Å². The Morgan fingerprint density at radius 2 is 2.00 bits per heavy atom. The number of para-hydroxylation sites is 1. The fourth-order valence-electron chi connectivity index (χ4n) is 3.00. The van der Waals surface area contributed by atoms with Crippen LogP contribution in [0.4, 0.5) is 5.69 Å². The highest BCUT2D eigenvalue weighted by atomic mass is 16.4. The number of hydrogen-bond acceptors (Lipinski definition) is 5. The maximum absolute atomic E-state index is 5.82. The molecule has 0 N–H and O–H groups in total. The summed E-state index contributed by atoms with van der Waals surface area (Å²) in [5.41, 5.74) is 3.51. The number of furan rings is 1. The molecule has 0 unspecified atom stereocenters. The number of rotatable bonds is 3. The minimum Gasteiger partial charge on any atom is -0.466 e. The van der Waals surface area contributed by atoms with Crippen molar-refractivity contribution in [3.63, 3.8) is 0 Å². The van der Waals surface area contributed by atoms with E-state index in [0.29, 0.717) is 18.3 Å². The Balaban J connectivity index is 1.57. The molecule has 0 amide bonds. The van der Waals surface area contributed by atoms with Crippen molar-refractivity contribution in [3.05, 3.63) is 53.3 Å². The van der Waals surface area contributed by atoms with Crippen LogP contribution >= 0.6 is 0 Å². The monoisotopic (exact) mass is 295 g/mol. The van der Waals surface area contributed by atoms with Gasteiger partial charge in [0.1, 0.15) is 11.5 Å². The molecule has 3 aromatic rings. The largest absolute Gasteiger partial charge is 0.466 e. The molecule has 112 valence electrons. The van der Waals surface area contributed by atoms with Gasteiger partial charge in [-0.25, -0.2) is 0 Å². The second-order valence-corrected chi connectivity index (χ2v) is 5.63. The molecule has 22 heavy (non-hydrogen) atoms. The van der Waals surface area contributed by atoms with E-state index in [0.717, 1.165) is 30.0 Å². The topological polar surface area (TPSA) is 55.3 Å². The predicted molar refractivity (Wildman–Crippen MR) is 82.7 cm³/mol. The molecule has 0 fully saturated rings. The van der Waals surface area contributed by atoms with Crippen LogP contribution in [0.3, 0.4) is 0 Å². The highest BCUT2D eigenvalue weighted by molar-refractivity contribution is 5.58. The van der Waals surface area contributed by atoms with Crippen molar-refractivity contribution in [2.75, 3.05) is 11.4 Å². The lowest BCUT2D eigenvalue weighted by atomic mass is 10.2. The minimum absolute atomic E-state index is 0.525. The molecule has 3 heterocycles. The van der Waals surface area contributed by atoms with E-state index in [1.54, 1.807) is 0 Å². The summed E-state index contributed by atoms with van der Waals surface area (Å²) in [6.45, 7) is 5.44. The van der Waals surface area contributed by atoms with Crippen molar-refractivity contribution in [2.45, 2.75) is 26.8 Å². The molecular weight excluding hydrogens is 278 g/mol. The lowest BCUT2D eigenvalue weighted by Crippen LogP contribution is -2.19. The summed E-state index contributed by atoms with van der Waals surface area (Å²) in [5.74, 6) is 2.81. The zero-order chi connectivity index (χ0) is 15.1. The Labute approximate surface area is 128 Å². The highest BCUT2D eigenvalue weighted by Crippen LogP contribution is 2.30. The molecule has 0 aliphatic carbocycles. The molecule has 2 aromatic heterocycles. The van der Waals surface area contributed by atoms with Gasteiger partial charge in [0.05, 0.1) is 12.1 Å². The summed E-state index contributed by atoms with van der Waals surface area (Å²) in [6.07, 6.45) is 1.07. The van der Waals surface area contributed by atoms with Gasteiger partial charge in [-0.05, 0) is 38.0 Å². The number of hydrogen-bond donors (Lipinski definition) is 0. The van der Waals surface area contributed by atoms with Gasteiger partial charge in [0.15, 0.2) is 0 Å². The molecule has 0 bridgehead atoms. The molecule has 5 heteroatoms. The normalized spacial score (nSPS) is 13.6. The fraction of sp³-hybridized carbons (Fsp3) is 0.294. The molecule has 1 aliphatic heterocycles. The molecule has 4 rings (SSSR count). The van der Waals surface area contributed by atoms with Crippen LogP contribution in [0.5, 0.6) is 0 Å². The summed E-state index contributed by atoms with van der Waals surface area (Å²) in [7, 11) is 0. The molecule has 0 atom stereocenters. The van der Waals surface area contributed by atoms with Crippen LogP contribution < -0.4 is 4.90 Å². The molecule has 1 aliphatic rings. The zero-order valence-corrected chi connectivity index (χ0v) is 12.7. The highest BCUT2D eigenvalue weighted by Gasteiger charge is 2.21. The molecule has 5 nitrogen and oxygen atoms in total. The van der Waals surface area contributed by atoms with Gasteiger partial charge < -0.3 is 13.7 Å². The lowest BCUT2D eigenvalue weighted by Gasteiger charge is -2.16. The van der Waals surface area contributed by atoms with Gasteiger partial charge in [-0.1, -0.05) is 18.2 Å². The van der Waals surface area contributed by atoms with E-state index in [1.165, 1.54) is 11.3 Å². The Morgan fingerprint density at radius 1 is 1.14 bits per heavy atom. The second kappa shape index (κ2) is 5.02. The van der Waals surface area contributed by atoms with Gasteiger partial charge in [0.2, 0.25) is 5.89 Å². The van der Waals surface area contributed by atoms with Crippen LogP contribution in [0.2, 0.25) is 0 Å². The van der Waals surface area contributed by atoms with Crippen LogP contribution in [0.1, 0.15) is 23.0 Å². The van der Waals surface area contributed by atoms with Crippen molar-refractivity contribution >= 4 is 5.69 Å². The van der Waals surface area contributed by atoms with Crippen LogP contribution in [0.15, 0.2) is 39.2 Å². The minimum atomic E-state index is 0.525. The molecule has 1 aromatic carbocycles. The van der Waals surface area contributed by atoms with Gasteiger partial charge in [-0.2, -0.15) is 0 Å². The van der Waals surface area contributed by atoms with Crippen LogP contribution in [-0.2, 0) is 13.0 Å².